The number of halogens is 1. The minimum Gasteiger partial charge on any atom is -0.310 e. The quantitative estimate of drug-likeness (QED) is 0.853. The van der Waals surface area contributed by atoms with Crippen LogP contribution in [0.3, 0.4) is 0 Å². The molecule has 0 saturated heterocycles. The van der Waals surface area contributed by atoms with Crippen molar-refractivity contribution in [3.05, 3.63) is 42.1 Å². The summed E-state index contributed by atoms with van der Waals surface area (Å²) in [5.74, 6) is 0. The average molecular weight is 293 g/mol. The first-order valence-corrected chi connectivity index (χ1v) is 7.05. The maximum atomic E-state index is 4.32. The number of fused-ring (bicyclic) bond motifs is 1. The third-order valence-corrected chi connectivity index (χ3v) is 3.32. The zero-order valence-electron chi connectivity index (χ0n) is 9.99. The smallest absolute Gasteiger partial charge is 0.0702 e. The van der Waals surface area contributed by atoms with Crippen molar-refractivity contribution >= 4 is 26.8 Å². The molecule has 0 spiro atoms. The van der Waals surface area contributed by atoms with Crippen LogP contribution < -0.4 is 5.32 Å². The maximum absolute atomic E-state index is 4.32. The number of nitrogens with one attached hydrogen (secondary N) is 1. The van der Waals surface area contributed by atoms with Crippen LogP contribution in [0.1, 0.15) is 18.9 Å². The highest BCUT2D eigenvalue weighted by atomic mass is 79.9. The molecule has 0 bridgehead atoms. The van der Waals surface area contributed by atoms with E-state index in [0.29, 0.717) is 6.04 Å². The first kappa shape index (κ1) is 12.5. The number of alkyl halides is 1. The van der Waals surface area contributed by atoms with Gasteiger partial charge in [0, 0.05) is 29.5 Å². The minimum absolute atomic E-state index is 0.541. The summed E-state index contributed by atoms with van der Waals surface area (Å²) in [6, 6.07) is 11.1. The molecule has 1 N–H and O–H groups in total. The highest BCUT2D eigenvalue weighted by Crippen LogP contribution is 2.13. The van der Waals surface area contributed by atoms with Crippen LogP contribution in [0.4, 0.5) is 0 Å². The van der Waals surface area contributed by atoms with E-state index in [9.17, 15) is 0 Å². The zero-order chi connectivity index (χ0) is 12.1. The Bertz CT molecular complexity index is 484. The average Bonchev–Trinajstić information content (AvgIpc) is 2.36. The number of hydrogen-bond acceptors (Lipinski definition) is 2. The molecule has 0 amide bonds. The molecule has 0 fully saturated rings. The zero-order valence-corrected chi connectivity index (χ0v) is 11.6. The van der Waals surface area contributed by atoms with Crippen LogP contribution in [0.5, 0.6) is 0 Å². The molecule has 1 unspecified atom stereocenters. The molecule has 3 heteroatoms. The monoisotopic (exact) mass is 292 g/mol. The van der Waals surface area contributed by atoms with Crippen LogP contribution >= 0.6 is 15.9 Å². The fraction of sp³-hybridized carbons (Fsp3) is 0.357. The van der Waals surface area contributed by atoms with E-state index in [0.717, 1.165) is 23.8 Å². The van der Waals surface area contributed by atoms with E-state index in [-0.39, 0.29) is 0 Å². The Hall–Kier alpha value is -0.930. The molecule has 17 heavy (non-hydrogen) atoms. The summed E-state index contributed by atoms with van der Waals surface area (Å²) in [7, 11) is 0. The third-order valence-electron chi connectivity index (χ3n) is 2.86. The van der Waals surface area contributed by atoms with Gasteiger partial charge in [0.1, 0.15) is 0 Å². The van der Waals surface area contributed by atoms with Gasteiger partial charge in [-0.15, -0.1) is 0 Å². The van der Waals surface area contributed by atoms with Gasteiger partial charge in [0.25, 0.3) is 0 Å². The maximum Gasteiger partial charge on any atom is 0.0702 e. The van der Waals surface area contributed by atoms with Gasteiger partial charge < -0.3 is 5.32 Å². The van der Waals surface area contributed by atoms with Crippen LogP contribution in [0.15, 0.2) is 36.5 Å². The van der Waals surface area contributed by atoms with Gasteiger partial charge in [-0.3, -0.25) is 4.98 Å². The molecule has 2 aromatic rings. The lowest BCUT2D eigenvalue weighted by atomic mass is 10.1. The second-order valence-corrected chi connectivity index (χ2v) is 5.08. The molecule has 1 heterocycles. The predicted octanol–water partition coefficient (Wildman–Crippen LogP) is 3.50. The Morgan fingerprint density at radius 1 is 1.35 bits per heavy atom. The number of hydrogen-bond donors (Lipinski definition) is 1. The van der Waals surface area contributed by atoms with Gasteiger partial charge >= 0.3 is 0 Å². The summed E-state index contributed by atoms with van der Waals surface area (Å²) in [4.78, 5) is 4.32. The Kier molecular flexibility index (Phi) is 4.51. The summed E-state index contributed by atoms with van der Waals surface area (Å²) in [6.07, 6.45) is 2.98. The second kappa shape index (κ2) is 6.12. The molecule has 0 saturated carbocycles. The van der Waals surface area contributed by atoms with Crippen molar-refractivity contribution < 1.29 is 0 Å². The molecule has 2 nitrogen and oxygen atoms in total. The van der Waals surface area contributed by atoms with E-state index < -0.39 is 0 Å². The van der Waals surface area contributed by atoms with E-state index in [1.165, 1.54) is 10.9 Å². The Labute approximate surface area is 111 Å². The van der Waals surface area contributed by atoms with Crippen LogP contribution in [-0.2, 0) is 6.54 Å². The van der Waals surface area contributed by atoms with Crippen LogP contribution in [0.2, 0.25) is 0 Å². The fourth-order valence-electron chi connectivity index (χ4n) is 1.79. The summed E-state index contributed by atoms with van der Waals surface area (Å²) < 4.78 is 0. The van der Waals surface area contributed by atoms with Gasteiger partial charge in [0.05, 0.1) is 5.52 Å². The molecule has 0 aliphatic rings. The molecule has 0 aliphatic heterocycles. The van der Waals surface area contributed by atoms with Gasteiger partial charge in [-0.05, 0) is 37.1 Å². The van der Waals surface area contributed by atoms with Crippen molar-refractivity contribution in [3.63, 3.8) is 0 Å². The highest BCUT2D eigenvalue weighted by molar-refractivity contribution is 9.09. The predicted molar refractivity (Wildman–Crippen MR) is 76.5 cm³/mol. The summed E-state index contributed by atoms with van der Waals surface area (Å²) in [6.45, 7) is 3.13. The molecule has 90 valence electrons. The number of rotatable bonds is 5. The molecular weight excluding hydrogens is 276 g/mol. The van der Waals surface area contributed by atoms with Crippen LogP contribution in [0.25, 0.3) is 10.9 Å². The van der Waals surface area contributed by atoms with Crippen molar-refractivity contribution in [2.45, 2.75) is 25.9 Å². The second-order valence-electron chi connectivity index (χ2n) is 4.29. The van der Waals surface area contributed by atoms with Gasteiger partial charge in [0.15, 0.2) is 0 Å². The molecule has 2 rings (SSSR count). The Morgan fingerprint density at radius 2 is 2.24 bits per heavy atom. The summed E-state index contributed by atoms with van der Waals surface area (Å²) >= 11 is 3.46. The lowest BCUT2D eigenvalue weighted by molar-refractivity contribution is 0.539. The highest BCUT2D eigenvalue weighted by Gasteiger charge is 2.01. The van der Waals surface area contributed by atoms with E-state index in [1.54, 1.807) is 0 Å². The van der Waals surface area contributed by atoms with Crippen molar-refractivity contribution in [2.24, 2.45) is 0 Å². The van der Waals surface area contributed by atoms with Crippen LogP contribution in [-0.4, -0.2) is 16.4 Å². The molecular formula is C14H17BrN2. The van der Waals surface area contributed by atoms with Crippen LogP contribution in [0, 0.1) is 0 Å². The van der Waals surface area contributed by atoms with Gasteiger partial charge in [-0.25, -0.2) is 0 Å². The third kappa shape index (κ3) is 3.51. The number of benzene rings is 1. The SMILES string of the molecule is CC(CCBr)NCc1ccc2ncccc2c1. The number of pyridine rings is 1. The van der Waals surface area contributed by atoms with E-state index in [4.69, 9.17) is 0 Å². The Balaban J connectivity index is 2.04. The topological polar surface area (TPSA) is 24.9 Å². The lowest BCUT2D eigenvalue weighted by Crippen LogP contribution is -2.25. The normalized spacial score (nSPS) is 12.8. The number of aromatic nitrogens is 1. The van der Waals surface area contributed by atoms with Gasteiger partial charge in [-0.2, -0.15) is 0 Å². The molecule has 1 aromatic heterocycles. The fourth-order valence-corrected chi connectivity index (χ4v) is 2.48. The molecule has 0 aliphatic carbocycles. The van der Waals surface area contributed by atoms with E-state index in [2.05, 4.69) is 57.4 Å². The van der Waals surface area contributed by atoms with Crippen molar-refractivity contribution in [2.75, 3.05) is 5.33 Å². The van der Waals surface area contributed by atoms with Crippen molar-refractivity contribution in [1.82, 2.24) is 10.3 Å². The van der Waals surface area contributed by atoms with E-state index in [1.807, 2.05) is 12.3 Å². The largest absolute Gasteiger partial charge is 0.310 e. The van der Waals surface area contributed by atoms with Gasteiger partial charge in [-0.1, -0.05) is 28.1 Å². The molecule has 0 radical (unpaired) electrons. The lowest BCUT2D eigenvalue weighted by Gasteiger charge is -2.12. The first-order valence-electron chi connectivity index (χ1n) is 5.92. The Morgan fingerprint density at radius 3 is 3.06 bits per heavy atom. The summed E-state index contributed by atoms with van der Waals surface area (Å²) in [5, 5.41) is 5.77. The molecule has 1 atom stereocenters. The van der Waals surface area contributed by atoms with Crippen molar-refractivity contribution in [1.29, 1.82) is 0 Å². The van der Waals surface area contributed by atoms with Crippen molar-refractivity contribution in [3.8, 4) is 0 Å². The standard InChI is InChI=1S/C14H17BrN2/c1-11(6-7-15)17-10-12-4-5-14-13(9-12)3-2-8-16-14/h2-5,8-9,11,17H,6-7,10H2,1H3. The van der Waals surface area contributed by atoms with E-state index >= 15 is 0 Å². The number of nitrogens with zero attached hydrogens (tertiary/aromatic N) is 1. The summed E-state index contributed by atoms with van der Waals surface area (Å²) in [5.41, 5.74) is 2.37. The minimum atomic E-state index is 0.541. The molecule has 1 aromatic carbocycles. The first-order chi connectivity index (χ1) is 8.29. The van der Waals surface area contributed by atoms with Gasteiger partial charge in [0.2, 0.25) is 0 Å².